The van der Waals surface area contributed by atoms with Crippen LogP contribution in [0.15, 0.2) is 29.1 Å². The molecule has 170 valence electrons. The van der Waals surface area contributed by atoms with Crippen molar-refractivity contribution in [3.63, 3.8) is 0 Å². The van der Waals surface area contributed by atoms with E-state index in [0.717, 1.165) is 54.7 Å². The summed E-state index contributed by atoms with van der Waals surface area (Å²) in [7, 11) is 0. The van der Waals surface area contributed by atoms with E-state index in [4.69, 9.17) is 0 Å². The van der Waals surface area contributed by atoms with Crippen LogP contribution in [0.4, 0.5) is 0 Å². The quantitative estimate of drug-likeness (QED) is 0.744. The lowest BCUT2D eigenvalue weighted by atomic mass is 9.68. The molecular weight excluding hydrogens is 390 g/mol. The third kappa shape index (κ3) is 3.57. The molecule has 1 aliphatic heterocycles. The highest BCUT2D eigenvalue weighted by atomic mass is 16.3. The average Bonchev–Trinajstić information content (AvgIpc) is 3.42. The van der Waals surface area contributed by atoms with E-state index in [9.17, 15) is 15.0 Å². The molecule has 3 aliphatic rings. The topological polar surface area (TPSA) is 70.6 Å². The van der Waals surface area contributed by atoms with Crippen molar-refractivity contribution in [3.8, 4) is 0 Å². The molecule has 6 heteroatoms. The maximum absolute atomic E-state index is 13.3. The molecule has 2 aliphatic carbocycles. The second-order valence-corrected chi connectivity index (χ2v) is 10.8. The van der Waals surface area contributed by atoms with Gasteiger partial charge in [-0.25, -0.2) is 4.79 Å². The Bertz CT molecular complexity index is 986. The van der Waals surface area contributed by atoms with Gasteiger partial charge < -0.3 is 15.1 Å². The van der Waals surface area contributed by atoms with Gasteiger partial charge in [0.05, 0.1) is 30.3 Å². The highest BCUT2D eigenvalue weighted by molar-refractivity contribution is 5.76. The van der Waals surface area contributed by atoms with Gasteiger partial charge in [-0.3, -0.25) is 9.13 Å². The molecule has 31 heavy (non-hydrogen) atoms. The maximum atomic E-state index is 13.3. The minimum Gasteiger partial charge on any atom is -0.394 e. The molecule has 0 spiro atoms. The smallest absolute Gasteiger partial charge is 0.329 e. The van der Waals surface area contributed by atoms with Crippen molar-refractivity contribution in [2.75, 3.05) is 26.2 Å². The number of piperidine rings is 1. The zero-order valence-electron chi connectivity index (χ0n) is 18.9. The van der Waals surface area contributed by atoms with Gasteiger partial charge in [0.25, 0.3) is 0 Å². The standard InChI is InChI=1S/C25H37N3O3/c1-25(2)18-8-7-17(13-18)21(25)15-26-11-9-19(10-12-26)28-23-6-4-3-5-22(23)27(24(28)31)14-20(30)16-29/h3-6,17-21,29-30H,7-16H2,1-2H3/t17-,18-,20-,21-/m0/s1. The highest BCUT2D eigenvalue weighted by Gasteiger charge is 2.52. The second kappa shape index (κ2) is 8.05. The van der Waals surface area contributed by atoms with Gasteiger partial charge in [0, 0.05) is 25.7 Å². The number of rotatable bonds is 6. The molecule has 0 radical (unpaired) electrons. The number of nitrogens with zero attached hydrogens (tertiary/aromatic N) is 3. The molecule has 1 saturated heterocycles. The molecule has 2 N–H and O–H groups in total. The summed E-state index contributed by atoms with van der Waals surface area (Å²) in [6, 6.07) is 8.02. The number of fused-ring (bicyclic) bond motifs is 3. The minimum atomic E-state index is -0.927. The lowest BCUT2D eigenvalue weighted by molar-refractivity contribution is 0.0643. The molecule has 0 amide bonds. The van der Waals surface area contributed by atoms with Crippen molar-refractivity contribution in [2.24, 2.45) is 23.2 Å². The van der Waals surface area contributed by atoms with Crippen LogP contribution in [0.5, 0.6) is 0 Å². The summed E-state index contributed by atoms with van der Waals surface area (Å²) in [5.74, 6) is 2.64. The van der Waals surface area contributed by atoms with Gasteiger partial charge in [-0.05, 0) is 67.4 Å². The van der Waals surface area contributed by atoms with Crippen LogP contribution in [0.2, 0.25) is 0 Å². The van der Waals surface area contributed by atoms with Crippen molar-refractivity contribution in [3.05, 3.63) is 34.7 Å². The number of hydrogen-bond acceptors (Lipinski definition) is 4. The zero-order valence-corrected chi connectivity index (χ0v) is 18.9. The first kappa shape index (κ1) is 21.2. The lowest BCUT2D eigenvalue weighted by Crippen LogP contribution is -2.44. The number of para-hydroxylation sites is 2. The molecular formula is C25H37N3O3. The van der Waals surface area contributed by atoms with E-state index in [-0.39, 0.29) is 24.9 Å². The summed E-state index contributed by atoms with van der Waals surface area (Å²) in [5.41, 5.74) is 2.18. The Morgan fingerprint density at radius 2 is 1.81 bits per heavy atom. The number of likely N-dealkylation sites (tertiary alicyclic amines) is 1. The van der Waals surface area contributed by atoms with Crippen molar-refractivity contribution in [1.82, 2.24) is 14.0 Å². The third-order valence-corrected chi connectivity index (χ3v) is 8.90. The molecule has 6 nitrogen and oxygen atoms in total. The van der Waals surface area contributed by atoms with Gasteiger partial charge in [-0.15, -0.1) is 0 Å². The first-order valence-corrected chi connectivity index (χ1v) is 12.1. The summed E-state index contributed by atoms with van der Waals surface area (Å²) in [4.78, 5) is 15.9. The normalized spacial score (nSPS) is 29.7. The van der Waals surface area contributed by atoms with Crippen molar-refractivity contribution in [2.45, 2.75) is 64.6 Å². The summed E-state index contributed by atoms with van der Waals surface area (Å²) in [6.45, 7) is 8.05. The van der Waals surface area contributed by atoms with Crippen LogP contribution in [0.1, 0.15) is 52.0 Å². The van der Waals surface area contributed by atoms with Crippen molar-refractivity contribution < 1.29 is 10.2 Å². The van der Waals surface area contributed by atoms with Gasteiger partial charge in [0.15, 0.2) is 0 Å². The maximum Gasteiger partial charge on any atom is 0.329 e. The molecule has 1 aromatic carbocycles. The number of aromatic nitrogens is 2. The summed E-state index contributed by atoms with van der Waals surface area (Å²) in [5, 5.41) is 19.2. The number of aliphatic hydroxyl groups excluding tert-OH is 2. The Kier molecular flexibility index (Phi) is 5.51. The van der Waals surface area contributed by atoms with Gasteiger partial charge in [-0.2, -0.15) is 0 Å². The van der Waals surface area contributed by atoms with Crippen molar-refractivity contribution >= 4 is 11.0 Å². The van der Waals surface area contributed by atoms with E-state index in [1.165, 1.54) is 25.8 Å². The number of aliphatic hydroxyl groups is 2. The SMILES string of the molecule is CC1(C)[C@H]2CC[C@@H](C2)[C@@H]1CN1CCC(n2c(=O)n(C[C@H](O)CO)c3ccccc32)CC1. The fourth-order valence-electron chi connectivity index (χ4n) is 7.02. The molecule has 2 bridgehead atoms. The van der Waals surface area contributed by atoms with E-state index in [1.807, 2.05) is 28.8 Å². The van der Waals surface area contributed by atoms with E-state index in [2.05, 4.69) is 18.7 Å². The lowest BCUT2D eigenvalue weighted by Gasteiger charge is -2.42. The van der Waals surface area contributed by atoms with Gasteiger partial charge in [0.1, 0.15) is 0 Å². The molecule has 2 heterocycles. The minimum absolute atomic E-state index is 0.0682. The van der Waals surface area contributed by atoms with E-state index >= 15 is 0 Å². The number of hydrogen-bond donors (Lipinski definition) is 2. The van der Waals surface area contributed by atoms with E-state index in [1.54, 1.807) is 4.57 Å². The van der Waals surface area contributed by atoms with Gasteiger partial charge in [-0.1, -0.05) is 26.0 Å². The first-order valence-electron chi connectivity index (χ1n) is 12.1. The second-order valence-electron chi connectivity index (χ2n) is 10.8. The molecule has 5 rings (SSSR count). The highest BCUT2D eigenvalue weighted by Crippen LogP contribution is 2.59. The van der Waals surface area contributed by atoms with Crippen LogP contribution < -0.4 is 5.69 Å². The van der Waals surface area contributed by atoms with Crippen LogP contribution in [0.25, 0.3) is 11.0 Å². The molecule has 2 aromatic rings. The van der Waals surface area contributed by atoms with E-state index < -0.39 is 6.10 Å². The molecule has 4 atom stereocenters. The Balaban J connectivity index is 1.32. The molecule has 0 unspecified atom stereocenters. The fourth-order valence-corrected chi connectivity index (χ4v) is 7.02. The predicted molar refractivity (Wildman–Crippen MR) is 122 cm³/mol. The monoisotopic (exact) mass is 427 g/mol. The summed E-state index contributed by atoms with van der Waals surface area (Å²) >= 11 is 0. The Hall–Kier alpha value is -1.63. The Labute approximate surface area is 184 Å². The summed E-state index contributed by atoms with van der Waals surface area (Å²) < 4.78 is 3.57. The van der Waals surface area contributed by atoms with Gasteiger partial charge >= 0.3 is 5.69 Å². The molecule has 2 saturated carbocycles. The third-order valence-electron chi connectivity index (χ3n) is 8.90. The zero-order chi connectivity index (χ0) is 21.8. The van der Waals surface area contributed by atoms with Crippen LogP contribution in [-0.4, -0.2) is 56.6 Å². The molecule has 3 fully saturated rings. The van der Waals surface area contributed by atoms with Crippen molar-refractivity contribution in [1.29, 1.82) is 0 Å². The first-order chi connectivity index (χ1) is 14.9. The summed E-state index contributed by atoms with van der Waals surface area (Å²) in [6.07, 6.45) is 5.32. The predicted octanol–water partition coefficient (Wildman–Crippen LogP) is 2.87. The van der Waals surface area contributed by atoms with Gasteiger partial charge in [0.2, 0.25) is 0 Å². The van der Waals surface area contributed by atoms with Crippen LogP contribution in [-0.2, 0) is 6.54 Å². The average molecular weight is 428 g/mol. The number of benzene rings is 1. The molecule has 1 aromatic heterocycles. The Morgan fingerprint density at radius 1 is 1.10 bits per heavy atom. The van der Waals surface area contributed by atoms with Crippen LogP contribution in [0, 0.1) is 23.2 Å². The number of imidazole rings is 1. The Morgan fingerprint density at radius 3 is 2.45 bits per heavy atom. The van der Waals surface area contributed by atoms with E-state index in [0.29, 0.717) is 5.41 Å². The fraction of sp³-hybridized carbons (Fsp3) is 0.720. The van der Waals surface area contributed by atoms with Crippen LogP contribution >= 0.6 is 0 Å². The largest absolute Gasteiger partial charge is 0.394 e. The van der Waals surface area contributed by atoms with Crippen LogP contribution in [0.3, 0.4) is 0 Å².